The van der Waals surface area contributed by atoms with E-state index < -0.39 is 17.5 Å². The van der Waals surface area contributed by atoms with Gasteiger partial charge in [0.15, 0.2) is 0 Å². The molecule has 0 aliphatic carbocycles. The van der Waals surface area contributed by atoms with Gasteiger partial charge in [-0.3, -0.25) is 19.4 Å². The molecule has 166 valence electrons. The van der Waals surface area contributed by atoms with Crippen LogP contribution in [0.2, 0.25) is 0 Å². The van der Waals surface area contributed by atoms with E-state index in [-0.39, 0.29) is 48.9 Å². The molecule has 0 spiro atoms. The van der Waals surface area contributed by atoms with E-state index in [9.17, 15) is 18.8 Å². The average Bonchev–Trinajstić information content (AvgIpc) is 3.55. The van der Waals surface area contributed by atoms with Crippen LogP contribution in [0.1, 0.15) is 20.8 Å². The van der Waals surface area contributed by atoms with E-state index in [0.717, 1.165) is 0 Å². The van der Waals surface area contributed by atoms with Crippen molar-refractivity contribution in [1.29, 1.82) is 0 Å². The number of carbonyl (C=O) groups is 3. The second-order valence-electron chi connectivity index (χ2n) is 7.41. The van der Waals surface area contributed by atoms with E-state index >= 15 is 0 Å². The number of halogens is 1. The van der Waals surface area contributed by atoms with Crippen molar-refractivity contribution >= 4 is 28.5 Å². The van der Waals surface area contributed by atoms with Crippen LogP contribution in [-0.2, 0) is 4.79 Å². The maximum absolute atomic E-state index is 14.7. The molecule has 1 saturated heterocycles. The molecular weight excluding hydrogens is 431 g/mol. The second kappa shape index (κ2) is 8.22. The molecule has 3 aromatic heterocycles. The number of H-pyrrole nitrogens is 2. The lowest BCUT2D eigenvalue weighted by atomic mass is 10.0. The van der Waals surface area contributed by atoms with Gasteiger partial charge in [0.05, 0.1) is 11.1 Å². The van der Waals surface area contributed by atoms with Gasteiger partial charge in [0.1, 0.15) is 11.5 Å². The molecular formula is C21H17FN8O3. The van der Waals surface area contributed by atoms with Gasteiger partial charge in [-0.25, -0.2) is 4.39 Å². The molecule has 2 amide bonds. The third-order valence-electron chi connectivity index (χ3n) is 5.55. The fraction of sp³-hybridized carbons (Fsp3) is 0.190. The Morgan fingerprint density at radius 2 is 1.79 bits per heavy atom. The number of pyridine rings is 1. The molecule has 11 nitrogen and oxygen atoms in total. The summed E-state index contributed by atoms with van der Waals surface area (Å²) in [6.07, 6.45) is 2.84. The molecule has 0 bridgehead atoms. The van der Waals surface area contributed by atoms with Gasteiger partial charge in [-0.15, -0.1) is 10.2 Å². The van der Waals surface area contributed by atoms with Gasteiger partial charge in [0.25, 0.3) is 17.6 Å². The number of fused-ring (bicyclic) bond motifs is 1. The summed E-state index contributed by atoms with van der Waals surface area (Å²) in [5.74, 6) is -2.26. The molecule has 2 N–H and O–H groups in total. The zero-order valence-electron chi connectivity index (χ0n) is 17.2. The molecule has 5 rings (SSSR count). The number of ketones is 1. The minimum Gasteiger partial charge on any atom is -0.360 e. The van der Waals surface area contributed by atoms with E-state index in [0.29, 0.717) is 16.8 Å². The van der Waals surface area contributed by atoms with Crippen molar-refractivity contribution < 1.29 is 18.8 Å². The van der Waals surface area contributed by atoms with Crippen molar-refractivity contribution in [3.8, 4) is 11.4 Å². The van der Waals surface area contributed by atoms with Crippen molar-refractivity contribution in [1.82, 2.24) is 40.4 Å². The predicted molar refractivity (Wildman–Crippen MR) is 112 cm³/mol. The van der Waals surface area contributed by atoms with E-state index in [1.54, 1.807) is 23.1 Å². The topological polar surface area (TPSA) is 141 Å². The fourth-order valence-corrected chi connectivity index (χ4v) is 3.87. The predicted octanol–water partition coefficient (Wildman–Crippen LogP) is 1.05. The Balaban J connectivity index is 1.34. The van der Waals surface area contributed by atoms with Crippen LogP contribution in [0.25, 0.3) is 22.3 Å². The quantitative estimate of drug-likeness (QED) is 0.351. The van der Waals surface area contributed by atoms with Crippen molar-refractivity contribution in [3.63, 3.8) is 0 Å². The first-order chi connectivity index (χ1) is 16.0. The minimum atomic E-state index is -0.838. The molecule has 4 heterocycles. The Labute approximate surface area is 185 Å². The summed E-state index contributed by atoms with van der Waals surface area (Å²) in [7, 11) is 0. The number of nitrogens with one attached hydrogen (secondary N) is 2. The number of hydrogen-bond donors (Lipinski definition) is 2. The van der Waals surface area contributed by atoms with E-state index in [2.05, 4.69) is 30.6 Å². The first kappa shape index (κ1) is 20.4. The molecule has 4 aromatic rings. The summed E-state index contributed by atoms with van der Waals surface area (Å²) in [5.41, 5.74) is 0.969. The molecule has 1 aliphatic heterocycles. The van der Waals surface area contributed by atoms with Crippen molar-refractivity contribution in [2.24, 2.45) is 0 Å². The van der Waals surface area contributed by atoms with Gasteiger partial charge in [-0.05, 0) is 29.5 Å². The molecule has 1 fully saturated rings. The number of nitrogens with zero attached hydrogens (tertiary/aromatic N) is 6. The van der Waals surface area contributed by atoms with Crippen LogP contribution >= 0.6 is 0 Å². The monoisotopic (exact) mass is 448 g/mol. The van der Waals surface area contributed by atoms with Gasteiger partial charge in [0, 0.05) is 49.5 Å². The molecule has 0 atom stereocenters. The normalized spacial score (nSPS) is 14.0. The summed E-state index contributed by atoms with van der Waals surface area (Å²) in [4.78, 5) is 48.3. The summed E-state index contributed by atoms with van der Waals surface area (Å²) in [6, 6.07) is 7.72. The third kappa shape index (κ3) is 3.60. The van der Waals surface area contributed by atoms with Gasteiger partial charge in [0.2, 0.25) is 5.82 Å². The highest BCUT2D eigenvalue weighted by atomic mass is 19.1. The number of rotatable bonds is 4. The average molecular weight is 448 g/mol. The summed E-state index contributed by atoms with van der Waals surface area (Å²) in [5, 5.41) is 13.6. The fourth-order valence-electron chi connectivity index (χ4n) is 3.87. The van der Waals surface area contributed by atoms with E-state index in [1.807, 2.05) is 0 Å². The number of hydrogen-bond acceptors (Lipinski definition) is 7. The summed E-state index contributed by atoms with van der Waals surface area (Å²) in [6.45, 7) is 0.890. The van der Waals surface area contributed by atoms with Gasteiger partial charge in [-0.1, -0.05) is 6.07 Å². The number of benzene rings is 1. The van der Waals surface area contributed by atoms with Gasteiger partial charge < -0.3 is 14.8 Å². The van der Waals surface area contributed by atoms with Crippen molar-refractivity contribution in [2.75, 3.05) is 26.2 Å². The smallest absolute Gasteiger partial charge is 0.295 e. The second-order valence-corrected chi connectivity index (χ2v) is 7.41. The standard InChI is InChI=1S/C21H17FN8O3/c22-14-5-4-12(19-25-27-28-26-19)17-16(14)13(11-24-17)18(31)21(33)30-9-7-29(8-10-30)20(32)15-3-1-2-6-23-15/h1-6,11,24H,7-10H2,(H,25,26,27,28). The van der Waals surface area contributed by atoms with Crippen LogP contribution in [0.15, 0.2) is 42.7 Å². The van der Waals surface area contributed by atoms with Crippen LogP contribution in [0, 0.1) is 5.82 Å². The zero-order chi connectivity index (χ0) is 22.9. The van der Waals surface area contributed by atoms with Crippen LogP contribution in [0.3, 0.4) is 0 Å². The minimum absolute atomic E-state index is 0.0142. The summed E-state index contributed by atoms with van der Waals surface area (Å²) >= 11 is 0. The number of piperazine rings is 1. The van der Waals surface area contributed by atoms with Crippen molar-refractivity contribution in [3.05, 3.63) is 59.8 Å². The SMILES string of the molecule is O=C(C(=O)N1CCN(C(=O)c2ccccn2)CC1)c1c[nH]c2c(-c3nn[nH]n3)ccc(F)c12. The van der Waals surface area contributed by atoms with Crippen LogP contribution < -0.4 is 0 Å². The van der Waals surface area contributed by atoms with Crippen LogP contribution in [-0.4, -0.2) is 84.2 Å². The lowest BCUT2D eigenvalue weighted by molar-refractivity contribution is -0.127. The molecule has 1 aromatic carbocycles. The van der Waals surface area contributed by atoms with E-state index in [1.165, 1.54) is 29.4 Å². The Hall–Kier alpha value is -4.48. The first-order valence-corrected chi connectivity index (χ1v) is 10.1. The number of aromatic amines is 2. The first-order valence-electron chi connectivity index (χ1n) is 10.1. The van der Waals surface area contributed by atoms with Gasteiger partial charge >= 0.3 is 0 Å². The maximum Gasteiger partial charge on any atom is 0.295 e. The third-order valence-corrected chi connectivity index (χ3v) is 5.55. The Morgan fingerprint density at radius 3 is 2.48 bits per heavy atom. The summed E-state index contributed by atoms with van der Waals surface area (Å²) < 4.78 is 14.7. The maximum atomic E-state index is 14.7. The number of aromatic nitrogens is 6. The lowest BCUT2D eigenvalue weighted by Crippen LogP contribution is -2.52. The Kier molecular flexibility index (Phi) is 5.09. The number of Topliss-reactive ketones (excluding diaryl/α,β-unsaturated/α-hetero) is 1. The molecule has 0 unspecified atom stereocenters. The van der Waals surface area contributed by atoms with Crippen LogP contribution in [0.5, 0.6) is 0 Å². The molecule has 33 heavy (non-hydrogen) atoms. The molecule has 0 saturated carbocycles. The number of tetrazole rings is 1. The highest BCUT2D eigenvalue weighted by Gasteiger charge is 2.31. The molecule has 1 aliphatic rings. The molecule has 0 radical (unpaired) electrons. The Bertz CT molecular complexity index is 1340. The van der Waals surface area contributed by atoms with Crippen LogP contribution in [0.4, 0.5) is 4.39 Å². The largest absolute Gasteiger partial charge is 0.360 e. The van der Waals surface area contributed by atoms with Gasteiger partial charge in [-0.2, -0.15) is 5.21 Å². The highest BCUT2D eigenvalue weighted by Crippen LogP contribution is 2.30. The Morgan fingerprint density at radius 1 is 1.00 bits per heavy atom. The highest BCUT2D eigenvalue weighted by molar-refractivity contribution is 6.45. The number of carbonyl (C=O) groups excluding carboxylic acids is 3. The van der Waals surface area contributed by atoms with E-state index in [4.69, 9.17) is 0 Å². The molecule has 12 heteroatoms. The number of amides is 2. The zero-order valence-corrected chi connectivity index (χ0v) is 17.2. The lowest BCUT2D eigenvalue weighted by Gasteiger charge is -2.34. The van der Waals surface area contributed by atoms with Crippen molar-refractivity contribution in [2.45, 2.75) is 0 Å².